The number of nitrogens with zero attached hydrogens (tertiary/aromatic N) is 4. The molecule has 2 atom stereocenters. The van der Waals surface area contributed by atoms with Crippen LogP contribution in [0.2, 0.25) is 0 Å². The molecule has 4 rings (SSSR count). The predicted molar refractivity (Wildman–Crippen MR) is 93.5 cm³/mol. The summed E-state index contributed by atoms with van der Waals surface area (Å²) in [5, 5.41) is 3.50. The van der Waals surface area contributed by atoms with Gasteiger partial charge in [-0.3, -0.25) is 0 Å². The van der Waals surface area contributed by atoms with Crippen molar-refractivity contribution in [1.82, 2.24) is 20.3 Å². The summed E-state index contributed by atoms with van der Waals surface area (Å²) in [6.07, 6.45) is 7.11. The average molecular weight is 343 g/mol. The molecule has 7 heteroatoms. The second-order valence-electron chi connectivity index (χ2n) is 6.99. The molecule has 2 aromatic heterocycles. The van der Waals surface area contributed by atoms with Crippen LogP contribution in [0.4, 0.5) is 5.82 Å². The third-order valence-electron chi connectivity index (χ3n) is 4.97. The molecule has 0 spiro atoms. The average Bonchev–Trinajstić information content (AvgIpc) is 3.21. The van der Waals surface area contributed by atoms with Crippen LogP contribution in [0.15, 0.2) is 23.0 Å². The maximum Gasteiger partial charge on any atom is 0.197 e. The molecular formula is C18H25N5O2. The second kappa shape index (κ2) is 7.09. The molecule has 2 aliphatic rings. The predicted octanol–water partition coefficient (Wildman–Crippen LogP) is 2.03. The van der Waals surface area contributed by atoms with Gasteiger partial charge in [0, 0.05) is 43.9 Å². The molecule has 0 bridgehead atoms. The van der Waals surface area contributed by atoms with Crippen LogP contribution in [0.25, 0.3) is 0 Å². The highest BCUT2D eigenvalue weighted by Gasteiger charge is 2.33. The lowest BCUT2D eigenvalue weighted by Crippen LogP contribution is -2.38. The number of methoxy groups -OCH3 is 1. The van der Waals surface area contributed by atoms with Gasteiger partial charge in [0.25, 0.3) is 0 Å². The Hall–Kier alpha value is -1.99. The highest BCUT2D eigenvalue weighted by Crippen LogP contribution is 2.39. The number of ether oxygens (including phenoxy) is 1. The highest BCUT2D eigenvalue weighted by molar-refractivity contribution is 5.42. The largest absolute Gasteiger partial charge is 0.444 e. The fraction of sp³-hybridized carbons (Fsp3) is 0.611. The summed E-state index contributed by atoms with van der Waals surface area (Å²) in [7, 11) is 1.78. The lowest BCUT2D eigenvalue weighted by molar-refractivity contribution is 0.118. The van der Waals surface area contributed by atoms with Gasteiger partial charge in [-0.2, -0.15) is 0 Å². The van der Waals surface area contributed by atoms with E-state index in [-0.39, 0.29) is 6.10 Å². The van der Waals surface area contributed by atoms with Gasteiger partial charge >= 0.3 is 0 Å². The molecule has 1 N–H and O–H groups in total. The van der Waals surface area contributed by atoms with E-state index in [9.17, 15) is 0 Å². The lowest BCUT2D eigenvalue weighted by atomic mass is 10.2. The van der Waals surface area contributed by atoms with E-state index in [2.05, 4.69) is 25.2 Å². The summed E-state index contributed by atoms with van der Waals surface area (Å²) < 4.78 is 11.4. The van der Waals surface area contributed by atoms with Crippen LogP contribution in [0, 0.1) is 6.92 Å². The molecule has 134 valence electrons. The number of anilines is 1. The molecule has 0 unspecified atom stereocenters. The number of aromatic nitrogens is 3. The summed E-state index contributed by atoms with van der Waals surface area (Å²) in [5.74, 6) is 3.33. The molecule has 1 aliphatic carbocycles. The summed E-state index contributed by atoms with van der Waals surface area (Å²) in [5.41, 5.74) is 0.979. The first-order valence-corrected chi connectivity index (χ1v) is 8.96. The van der Waals surface area contributed by atoms with Crippen molar-refractivity contribution in [3.8, 4) is 0 Å². The maximum absolute atomic E-state index is 5.81. The van der Waals surface area contributed by atoms with Crippen molar-refractivity contribution in [1.29, 1.82) is 0 Å². The zero-order chi connectivity index (χ0) is 17.2. The van der Waals surface area contributed by atoms with E-state index in [1.807, 2.05) is 19.2 Å². The van der Waals surface area contributed by atoms with Crippen molar-refractivity contribution in [3.63, 3.8) is 0 Å². The minimum atomic E-state index is 0.230. The van der Waals surface area contributed by atoms with Crippen LogP contribution in [-0.2, 0) is 11.3 Å². The van der Waals surface area contributed by atoms with Gasteiger partial charge in [0.05, 0.1) is 18.8 Å². The number of hydrogen-bond donors (Lipinski definition) is 1. The maximum atomic E-state index is 5.81. The number of rotatable bonds is 7. The number of aryl methyl sites for hydroxylation is 1. The monoisotopic (exact) mass is 343 g/mol. The van der Waals surface area contributed by atoms with E-state index < -0.39 is 0 Å². The van der Waals surface area contributed by atoms with E-state index in [0.717, 1.165) is 42.7 Å². The Bertz CT molecular complexity index is 715. The quantitative estimate of drug-likeness (QED) is 0.824. The molecule has 1 aliphatic heterocycles. The van der Waals surface area contributed by atoms with Crippen molar-refractivity contribution >= 4 is 5.82 Å². The smallest absolute Gasteiger partial charge is 0.197 e. The molecule has 0 amide bonds. The van der Waals surface area contributed by atoms with Crippen LogP contribution in [0.5, 0.6) is 0 Å². The van der Waals surface area contributed by atoms with Gasteiger partial charge in [-0.25, -0.2) is 15.0 Å². The van der Waals surface area contributed by atoms with Crippen molar-refractivity contribution in [2.45, 2.75) is 50.8 Å². The third-order valence-corrected chi connectivity index (χ3v) is 4.97. The Morgan fingerprint density at radius 3 is 2.96 bits per heavy atom. The first-order chi connectivity index (χ1) is 12.2. The summed E-state index contributed by atoms with van der Waals surface area (Å²) in [6, 6.07) is 2.37. The topological polar surface area (TPSA) is 76.3 Å². The Balaban J connectivity index is 1.36. The van der Waals surface area contributed by atoms with Crippen LogP contribution < -0.4 is 10.2 Å². The highest BCUT2D eigenvalue weighted by atomic mass is 16.5. The Morgan fingerprint density at radius 1 is 1.32 bits per heavy atom. The molecule has 0 radical (unpaired) electrons. The van der Waals surface area contributed by atoms with E-state index in [0.29, 0.717) is 18.5 Å². The Labute approximate surface area is 147 Å². The minimum Gasteiger partial charge on any atom is -0.444 e. The number of oxazole rings is 1. The minimum absolute atomic E-state index is 0.230. The molecule has 2 fully saturated rings. The van der Waals surface area contributed by atoms with Gasteiger partial charge in [-0.1, -0.05) is 0 Å². The molecule has 0 aromatic carbocycles. The Morgan fingerprint density at radius 2 is 2.20 bits per heavy atom. The van der Waals surface area contributed by atoms with Gasteiger partial charge in [0.2, 0.25) is 0 Å². The SMILES string of the molecule is CO[C@H]1C[C@@H](CNCc2cnc(C3CC3)o2)N(c2cc(C)ncn2)C1. The van der Waals surface area contributed by atoms with Gasteiger partial charge < -0.3 is 19.4 Å². The second-order valence-corrected chi connectivity index (χ2v) is 6.99. The van der Waals surface area contributed by atoms with Gasteiger partial charge in [-0.05, 0) is 26.2 Å². The zero-order valence-electron chi connectivity index (χ0n) is 14.8. The van der Waals surface area contributed by atoms with E-state index >= 15 is 0 Å². The fourth-order valence-electron chi connectivity index (χ4n) is 3.40. The zero-order valence-corrected chi connectivity index (χ0v) is 14.8. The van der Waals surface area contributed by atoms with E-state index in [1.165, 1.54) is 12.8 Å². The van der Waals surface area contributed by atoms with Crippen molar-refractivity contribution in [2.75, 3.05) is 25.1 Å². The number of nitrogens with one attached hydrogen (secondary N) is 1. The van der Waals surface area contributed by atoms with Crippen molar-refractivity contribution in [2.24, 2.45) is 0 Å². The molecule has 1 saturated heterocycles. The van der Waals surface area contributed by atoms with Crippen molar-refractivity contribution < 1.29 is 9.15 Å². The first-order valence-electron chi connectivity index (χ1n) is 8.96. The first kappa shape index (κ1) is 16.5. The molecule has 1 saturated carbocycles. The lowest BCUT2D eigenvalue weighted by Gasteiger charge is -2.25. The van der Waals surface area contributed by atoms with Crippen LogP contribution in [-0.4, -0.2) is 47.3 Å². The summed E-state index contributed by atoms with van der Waals surface area (Å²) in [6.45, 7) is 4.39. The fourth-order valence-corrected chi connectivity index (χ4v) is 3.40. The van der Waals surface area contributed by atoms with E-state index in [1.54, 1.807) is 13.4 Å². The number of hydrogen-bond acceptors (Lipinski definition) is 7. The molecule has 25 heavy (non-hydrogen) atoms. The standard InChI is InChI=1S/C18H25N5O2/c1-12-5-17(22-11-21-12)23-10-15(24-2)6-14(23)7-19-8-16-9-20-18(25-16)13-3-4-13/h5,9,11,13-15,19H,3-4,6-8,10H2,1-2H3/t14-,15-/m0/s1. The molecular weight excluding hydrogens is 318 g/mol. The van der Waals surface area contributed by atoms with Crippen molar-refractivity contribution in [3.05, 3.63) is 35.9 Å². The normalized spacial score (nSPS) is 23.4. The molecule has 3 heterocycles. The summed E-state index contributed by atoms with van der Waals surface area (Å²) >= 11 is 0. The van der Waals surface area contributed by atoms with Crippen LogP contribution in [0.1, 0.15) is 42.5 Å². The molecule has 2 aromatic rings. The van der Waals surface area contributed by atoms with E-state index in [4.69, 9.17) is 9.15 Å². The third kappa shape index (κ3) is 3.82. The van der Waals surface area contributed by atoms with Crippen LogP contribution in [0.3, 0.4) is 0 Å². The summed E-state index contributed by atoms with van der Waals surface area (Å²) in [4.78, 5) is 15.3. The molecule has 7 nitrogen and oxygen atoms in total. The van der Waals surface area contributed by atoms with Crippen LogP contribution >= 0.6 is 0 Å². The van der Waals surface area contributed by atoms with Gasteiger partial charge in [0.1, 0.15) is 17.9 Å². The van der Waals surface area contributed by atoms with Gasteiger partial charge in [-0.15, -0.1) is 0 Å². The Kier molecular flexibility index (Phi) is 4.67. The van der Waals surface area contributed by atoms with Gasteiger partial charge in [0.15, 0.2) is 5.89 Å².